The molecule has 8 aromatic rings. The van der Waals surface area contributed by atoms with Crippen LogP contribution in [0.3, 0.4) is 0 Å². The molecule has 0 spiro atoms. The van der Waals surface area contributed by atoms with E-state index in [1.165, 1.54) is 57.6 Å². The van der Waals surface area contributed by atoms with Crippen molar-refractivity contribution in [2.45, 2.75) is 81.4 Å². The van der Waals surface area contributed by atoms with Gasteiger partial charge in [-0.2, -0.15) is 4.98 Å². The van der Waals surface area contributed by atoms with E-state index in [0.717, 1.165) is 69.9 Å². The molecule has 6 heterocycles. The summed E-state index contributed by atoms with van der Waals surface area (Å²) in [6.07, 6.45) is 17.1. The number of imidazole rings is 2. The molecule has 3 N–H and O–H groups in total. The Morgan fingerprint density at radius 1 is 0.586 bits per heavy atom. The van der Waals surface area contributed by atoms with E-state index >= 15 is 0 Å². The monoisotopic (exact) mass is 966 g/mol. The highest BCUT2D eigenvalue weighted by molar-refractivity contribution is 7.90. The molecule has 4 aromatic carbocycles. The molecule has 2 fully saturated rings. The van der Waals surface area contributed by atoms with Crippen LogP contribution in [0.25, 0.3) is 56.5 Å². The van der Waals surface area contributed by atoms with Gasteiger partial charge in [0.25, 0.3) is 0 Å². The second-order valence-electron chi connectivity index (χ2n) is 17.5. The molecule has 0 radical (unpaired) electrons. The predicted octanol–water partition coefficient (Wildman–Crippen LogP) is 8.87. The van der Waals surface area contributed by atoms with Gasteiger partial charge in [0.2, 0.25) is 34.5 Å². The molecule has 0 atom stereocenters. The number of fused-ring (bicyclic) bond motifs is 4. The summed E-state index contributed by atoms with van der Waals surface area (Å²) in [6, 6.07) is 27.2. The first kappa shape index (κ1) is 46.2. The Kier molecular flexibility index (Phi) is 13.4. The van der Waals surface area contributed by atoms with Crippen LogP contribution in [0.4, 0.5) is 5.95 Å². The van der Waals surface area contributed by atoms with Gasteiger partial charge in [0.1, 0.15) is 34.8 Å². The smallest absolute Gasteiger partial charge is 0.248 e. The molecule has 2 aliphatic heterocycles. The number of sulfone groups is 1. The molecule has 0 amide bonds. The van der Waals surface area contributed by atoms with Crippen molar-refractivity contribution in [1.82, 2.24) is 39.0 Å². The Balaban J connectivity index is 0.000000143. The van der Waals surface area contributed by atoms with Gasteiger partial charge in [0.15, 0.2) is 23.0 Å². The molecule has 0 unspecified atom stereocenters. The highest BCUT2D eigenvalue weighted by atomic mass is 32.2. The number of aromatic nitrogens is 8. The summed E-state index contributed by atoms with van der Waals surface area (Å²) in [6.45, 7) is 0.393. The largest absolute Gasteiger partial charge is 0.497 e. The van der Waals surface area contributed by atoms with Crippen molar-refractivity contribution in [3.8, 4) is 68.9 Å². The highest BCUT2D eigenvalue weighted by Crippen LogP contribution is 2.40. The van der Waals surface area contributed by atoms with Gasteiger partial charge in [-0.05, 0) is 98.5 Å². The lowest BCUT2D eigenvalue weighted by Gasteiger charge is -2.22. The number of benzene rings is 4. The second kappa shape index (κ2) is 20.2. The van der Waals surface area contributed by atoms with Gasteiger partial charge in [-0.25, -0.2) is 33.3 Å². The summed E-state index contributed by atoms with van der Waals surface area (Å²) in [5.74, 6) is 7.24. The number of methoxy groups -OCH3 is 2. The van der Waals surface area contributed by atoms with E-state index in [1.807, 2.05) is 72.8 Å². The van der Waals surface area contributed by atoms with Crippen molar-refractivity contribution in [3.63, 3.8) is 0 Å². The molecule has 18 nitrogen and oxygen atoms in total. The number of ether oxygens (including phenoxy) is 6. The van der Waals surface area contributed by atoms with Gasteiger partial charge < -0.3 is 39.5 Å². The van der Waals surface area contributed by atoms with Crippen LogP contribution in [0.2, 0.25) is 0 Å². The van der Waals surface area contributed by atoms with Gasteiger partial charge in [0.05, 0.1) is 36.3 Å². The third-order valence-corrected chi connectivity index (χ3v) is 13.5. The van der Waals surface area contributed by atoms with Gasteiger partial charge in [-0.1, -0.05) is 38.5 Å². The molecule has 4 aliphatic rings. The van der Waals surface area contributed by atoms with Crippen LogP contribution in [0.15, 0.2) is 102 Å². The minimum absolute atomic E-state index is 0.163. The molecule has 19 heteroatoms. The standard InChI is InChI=1S/C25H25N5O3.C20H16N4O5S.C6H13N/c1-31-18-8-9-20-19(14-18)28-24(16-7-10-21-22(13-16)33-15-32-21)30(20)23-11-12-26-25(29-23)27-17-5-3-2-4-6-17;1-27-13-4-5-15-14(10-13)22-19(12-3-6-16-17(9-12)29-11-28-16)24(15)18-7-8-21-20(23-18)30(2,25)26;7-6-4-2-1-3-5-6/h7-14,17H,2-6,15H2,1H3,(H,26,27,29);3-10H,11H2,1-2H3;6H,1-5,7H2. The molecular formula is C51H54N10O8S. The number of hydrogen-bond acceptors (Lipinski definition) is 16. The van der Waals surface area contributed by atoms with Gasteiger partial charge >= 0.3 is 0 Å². The quantitative estimate of drug-likeness (QED) is 0.129. The third-order valence-electron chi connectivity index (χ3n) is 12.6. The van der Waals surface area contributed by atoms with E-state index in [2.05, 4.69) is 24.8 Å². The van der Waals surface area contributed by atoms with E-state index in [1.54, 1.807) is 37.1 Å². The number of anilines is 1. The normalized spacial score (nSPS) is 15.5. The van der Waals surface area contributed by atoms with Crippen molar-refractivity contribution in [2.75, 3.05) is 39.4 Å². The molecular weight excluding hydrogens is 913 g/mol. The zero-order chi connectivity index (χ0) is 48.2. The fourth-order valence-corrected chi connectivity index (χ4v) is 9.55. The molecule has 2 saturated carbocycles. The van der Waals surface area contributed by atoms with Crippen LogP contribution < -0.4 is 39.5 Å². The maximum absolute atomic E-state index is 12.0. The number of hydrogen-bond donors (Lipinski definition) is 2. The van der Waals surface area contributed by atoms with Gasteiger partial charge in [0, 0.05) is 54.0 Å². The number of rotatable bonds is 9. The first-order valence-corrected chi connectivity index (χ1v) is 25.3. The number of nitrogens with two attached hydrogens (primary N) is 1. The van der Waals surface area contributed by atoms with E-state index in [0.29, 0.717) is 58.2 Å². The van der Waals surface area contributed by atoms with Gasteiger partial charge in [-0.3, -0.25) is 9.13 Å². The summed E-state index contributed by atoms with van der Waals surface area (Å²) in [7, 11) is -0.338. The molecule has 0 saturated heterocycles. The van der Waals surface area contributed by atoms with Crippen LogP contribution >= 0.6 is 0 Å². The average molecular weight is 967 g/mol. The summed E-state index contributed by atoms with van der Waals surface area (Å²) in [5, 5.41) is 3.27. The minimum atomic E-state index is -3.58. The maximum Gasteiger partial charge on any atom is 0.248 e. The van der Waals surface area contributed by atoms with Crippen LogP contribution in [0.5, 0.6) is 34.5 Å². The second-order valence-corrected chi connectivity index (χ2v) is 19.4. The Bertz CT molecular complexity index is 3280. The fourth-order valence-electron chi connectivity index (χ4n) is 9.04. The Hall–Kier alpha value is -7.51. The molecule has 4 aromatic heterocycles. The summed E-state index contributed by atoms with van der Waals surface area (Å²) in [5.41, 5.74) is 10.5. The highest BCUT2D eigenvalue weighted by Gasteiger charge is 2.24. The van der Waals surface area contributed by atoms with Crippen molar-refractivity contribution in [2.24, 2.45) is 5.73 Å². The van der Waals surface area contributed by atoms with Crippen LogP contribution in [-0.2, 0) is 9.84 Å². The molecule has 362 valence electrons. The van der Waals surface area contributed by atoms with Crippen molar-refractivity contribution in [3.05, 3.63) is 97.3 Å². The average Bonchev–Trinajstić information content (AvgIpc) is 4.21. The van der Waals surface area contributed by atoms with Crippen LogP contribution in [0.1, 0.15) is 64.2 Å². The molecule has 0 bridgehead atoms. The van der Waals surface area contributed by atoms with Crippen LogP contribution in [-0.4, -0.2) is 93.6 Å². The van der Waals surface area contributed by atoms with E-state index in [-0.39, 0.29) is 18.7 Å². The topological polar surface area (TPSA) is 215 Å². The maximum atomic E-state index is 12.0. The van der Waals surface area contributed by atoms with E-state index in [4.69, 9.17) is 49.1 Å². The molecule has 12 rings (SSSR count). The fraction of sp³-hybridized carbons (Fsp3) is 0.333. The molecule has 70 heavy (non-hydrogen) atoms. The third kappa shape index (κ3) is 9.98. The van der Waals surface area contributed by atoms with Crippen molar-refractivity contribution < 1.29 is 36.8 Å². The zero-order valence-corrected chi connectivity index (χ0v) is 40.0. The summed E-state index contributed by atoms with van der Waals surface area (Å²) >= 11 is 0. The lowest BCUT2D eigenvalue weighted by atomic mass is 9.96. The lowest BCUT2D eigenvalue weighted by molar-refractivity contribution is 0.173. The van der Waals surface area contributed by atoms with Crippen molar-refractivity contribution >= 4 is 37.9 Å². The minimum Gasteiger partial charge on any atom is -0.497 e. The summed E-state index contributed by atoms with van der Waals surface area (Å²) < 4.78 is 60.5. The Labute approximate surface area is 405 Å². The SMILES string of the molecule is COc1ccc2c(c1)nc(-c1ccc3c(c1)OCO3)n2-c1ccnc(NC2CCCCC2)n1.COc1ccc2c(c1)nc(-c1ccc3c(c1)OCO3)n2-c1ccnc(S(C)(=O)=O)n1.NC1CCCCC1. The molecule has 2 aliphatic carbocycles. The lowest BCUT2D eigenvalue weighted by Crippen LogP contribution is -2.23. The predicted molar refractivity (Wildman–Crippen MR) is 264 cm³/mol. The Morgan fingerprint density at radius 2 is 1.09 bits per heavy atom. The van der Waals surface area contributed by atoms with E-state index in [9.17, 15) is 8.42 Å². The number of nitrogens with one attached hydrogen (secondary N) is 1. The Morgan fingerprint density at radius 3 is 1.59 bits per heavy atom. The van der Waals surface area contributed by atoms with Gasteiger partial charge in [-0.15, -0.1) is 0 Å². The first-order chi connectivity index (χ1) is 34.1. The first-order valence-electron chi connectivity index (χ1n) is 23.4. The number of nitrogens with zero attached hydrogens (tertiary/aromatic N) is 8. The van der Waals surface area contributed by atoms with Crippen LogP contribution in [0, 0.1) is 0 Å². The summed E-state index contributed by atoms with van der Waals surface area (Å²) in [4.78, 5) is 27.2. The van der Waals surface area contributed by atoms with Crippen molar-refractivity contribution in [1.29, 1.82) is 0 Å². The van der Waals surface area contributed by atoms with E-state index < -0.39 is 9.84 Å². The zero-order valence-electron chi connectivity index (χ0n) is 39.2.